The number of aryl methyl sites for hydroxylation is 2. The molecule has 0 radical (unpaired) electrons. The molecule has 4 nitrogen and oxygen atoms in total. The molecule has 2 rings (SSSR count). The third kappa shape index (κ3) is 3.60. The molecule has 4 heteroatoms. The van der Waals surface area contributed by atoms with Gasteiger partial charge in [-0.05, 0) is 17.7 Å². The molecule has 0 fully saturated rings. The SMILES string of the molecule is C[n+]1ccn(CCCOc2ccc(CO)cc2)c1. The van der Waals surface area contributed by atoms with E-state index in [0.29, 0.717) is 6.61 Å². The summed E-state index contributed by atoms with van der Waals surface area (Å²) in [5, 5.41) is 8.93. The van der Waals surface area contributed by atoms with Gasteiger partial charge >= 0.3 is 0 Å². The number of aliphatic hydroxyl groups is 1. The monoisotopic (exact) mass is 247 g/mol. The van der Waals surface area contributed by atoms with Crippen LogP contribution in [-0.4, -0.2) is 16.3 Å². The molecule has 0 saturated carbocycles. The summed E-state index contributed by atoms with van der Waals surface area (Å²) in [5.74, 6) is 0.852. The number of hydrogen-bond donors (Lipinski definition) is 1. The molecule has 0 aliphatic rings. The van der Waals surface area contributed by atoms with E-state index in [9.17, 15) is 0 Å². The lowest BCUT2D eigenvalue weighted by Gasteiger charge is -2.05. The predicted molar refractivity (Wildman–Crippen MR) is 68.1 cm³/mol. The second-order valence-corrected chi connectivity index (χ2v) is 4.32. The van der Waals surface area contributed by atoms with Crippen molar-refractivity contribution < 1.29 is 14.4 Å². The van der Waals surface area contributed by atoms with Crippen LogP contribution >= 0.6 is 0 Å². The normalized spacial score (nSPS) is 10.6. The Hall–Kier alpha value is -1.81. The maximum atomic E-state index is 8.93. The first-order valence-corrected chi connectivity index (χ1v) is 6.11. The topological polar surface area (TPSA) is 38.3 Å². The molecule has 2 aromatic rings. The number of hydrogen-bond acceptors (Lipinski definition) is 2. The minimum absolute atomic E-state index is 0.0743. The van der Waals surface area contributed by atoms with Gasteiger partial charge in [0.1, 0.15) is 18.1 Å². The van der Waals surface area contributed by atoms with Gasteiger partial charge in [0.2, 0.25) is 6.33 Å². The minimum atomic E-state index is 0.0743. The summed E-state index contributed by atoms with van der Waals surface area (Å²) < 4.78 is 9.79. The Bertz CT molecular complexity index is 477. The third-order valence-electron chi connectivity index (χ3n) is 2.76. The van der Waals surface area contributed by atoms with E-state index in [4.69, 9.17) is 9.84 Å². The van der Waals surface area contributed by atoms with Crippen molar-refractivity contribution in [3.8, 4) is 5.75 Å². The van der Waals surface area contributed by atoms with Crippen LogP contribution < -0.4 is 9.30 Å². The molecule has 0 amide bonds. The molecule has 0 atom stereocenters. The van der Waals surface area contributed by atoms with Crippen LogP contribution in [-0.2, 0) is 20.2 Å². The van der Waals surface area contributed by atoms with Gasteiger partial charge in [-0.2, -0.15) is 0 Å². The lowest BCUT2D eigenvalue weighted by Crippen LogP contribution is -2.23. The van der Waals surface area contributed by atoms with Crippen molar-refractivity contribution in [2.75, 3.05) is 6.61 Å². The summed E-state index contributed by atoms with van der Waals surface area (Å²) in [5.41, 5.74) is 0.905. The van der Waals surface area contributed by atoms with Crippen LogP contribution in [0.2, 0.25) is 0 Å². The van der Waals surface area contributed by atoms with E-state index in [-0.39, 0.29) is 6.61 Å². The third-order valence-corrected chi connectivity index (χ3v) is 2.76. The Morgan fingerprint density at radius 1 is 1.28 bits per heavy atom. The molecule has 1 heterocycles. The molecule has 0 bridgehead atoms. The highest BCUT2D eigenvalue weighted by Crippen LogP contribution is 2.12. The molecular weight excluding hydrogens is 228 g/mol. The molecule has 1 aromatic carbocycles. The molecule has 1 aromatic heterocycles. The van der Waals surface area contributed by atoms with Crippen LogP contribution in [0, 0.1) is 0 Å². The number of ether oxygens (including phenoxy) is 1. The fourth-order valence-corrected chi connectivity index (χ4v) is 1.76. The van der Waals surface area contributed by atoms with E-state index in [1.54, 1.807) is 0 Å². The van der Waals surface area contributed by atoms with Crippen molar-refractivity contribution in [3.63, 3.8) is 0 Å². The highest BCUT2D eigenvalue weighted by atomic mass is 16.5. The second kappa shape index (κ2) is 6.21. The standard InChI is InChI=1S/C14H19N2O2/c1-15-8-9-16(12-15)7-2-10-18-14-5-3-13(11-17)4-6-14/h3-6,8-9,12,17H,2,7,10-11H2,1H3/q+1. The van der Waals surface area contributed by atoms with Crippen LogP contribution in [0.15, 0.2) is 43.0 Å². The summed E-state index contributed by atoms with van der Waals surface area (Å²) >= 11 is 0. The molecule has 0 saturated heterocycles. The van der Waals surface area contributed by atoms with Gasteiger partial charge in [-0.3, -0.25) is 0 Å². The van der Waals surface area contributed by atoms with Gasteiger partial charge < -0.3 is 9.84 Å². The van der Waals surface area contributed by atoms with Gasteiger partial charge in [-0.1, -0.05) is 12.1 Å². The van der Waals surface area contributed by atoms with Crippen LogP contribution in [0.4, 0.5) is 0 Å². The summed E-state index contributed by atoms with van der Waals surface area (Å²) in [6.45, 7) is 1.72. The van der Waals surface area contributed by atoms with Gasteiger partial charge in [0, 0.05) is 6.42 Å². The highest BCUT2D eigenvalue weighted by molar-refractivity contribution is 5.26. The Balaban J connectivity index is 1.71. The number of aliphatic hydroxyl groups excluding tert-OH is 1. The first-order valence-electron chi connectivity index (χ1n) is 6.11. The van der Waals surface area contributed by atoms with E-state index >= 15 is 0 Å². The maximum absolute atomic E-state index is 8.93. The zero-order valence-electron chi connectivity index (χ0n) is 10.6. The first-order chi connectivity index (χ1) is 8.78. The number of rotatable bonds is 6. The fourth-order valence-electron chi connectivity index (χ4n) is 1.76. The van der Waals surface area contributed by atoms with Gasteiger partial charge in [0.15, 0.2) is 0 Å². The Morgan fingerprint density at radius 3 is 2.67 bits per heavy atom. The molecule has 0 aliphatic heterocycles. The Kier molecular flexibility index (Phi) is 4.36. The van der Waals surface area contributed by atoms with E-state index in [1.165, 1.54) is 0 Å². The zero-order chi connectivity index (χ0) is 12.8. The number of benzene rings is 1. The number of aromatic nitrogens is 2. The summed E-state index contributed by atoms with van der Waals surface area (Å²) in [6.07, 6.45) is 7.09. The van der Waals surface area contributed by atoms with Crippen molar-refractivity contribution in [2.45, 2.75) is 19.6 Å². The summed E-state index contributed by atoms with van der Waals surface area (Å²) in [4.78, 5) is 0. The van der Waals surface area contributed by atoms with Crippen molar-refractivity contribution in [2.24, 2.45) is 7.05 Å². The lowest BCUT2D eigenvalue weighted by atomic mass is 10.2. The van der Waals surface area contributed by atoms with E-state index < -0.39 is 0 Å². The molecule has 1 N–H and O–H groups in total. The predicted octanol–water partition coefficient (Wildman–Crippen LogP) is 1.27. The van der Waals surface area contributed by atoms with Crippen molar-refractivity contribution in [3.05, 3.63) is 48.5 Å². The molecule has 0 unspecified atom stereocenters. The smallest absolute Gasteiger partial charge is 0.243 e. The number of imidazole rings is 1. The van der Waals surface area contributed by atoms with E-state index in [1.807, 2.05) is 42.1 Å². The fraction of sp³-hybridized carbons (Fsp3) is 0.357. The van der Waals surface area contributed by atoms with Crippen LogP contribution in [0.1, 0.15) is 12.0 Å². The Labute approximate surface area is 107 Å². The lowest BCUT2D eigenvalue weighted by molar-refractivity contribution is -0.671. The summed E-state index contributed by atoms with van der Waals surface area (Å²) in [7, 11) is 2.01. The number of nitrogens with zero attached hydrogens (tertiary/aromatic N) is 2. The summed E-state index contributed by atoms with van der Waals surface area (Å²) in [6, 6.07) is 7.53. The largest absolute Gasteiger partial charge is 0.493 e. The first kappa shape index (κ1) is 12.6. The average molecular weight is 247 g/mol. The molecular formula is C14H19N2O2+. The van der Waals surface area contributed by atoms with Crippen LogP contribution in [0.5, 0.6) is 5.75 Å². The van der Waals surface area contributed by atoms with Crippen LogP contribution in [0.3, 0.4) is 0 Å². The van der Waals surface area contributed by atoms with Crippen molar-refractivity contribution in [1.29, 1.82) is 0 Å². The van der Waals surface area contributed by atoms with Crippen molar-refractivity contribution in [1.82, 2.24) is 4.57 Å². The second-order valence-electron chi connectivity index (χ2n) is 4.32. The maximum Gasteiger partial charge on any atom is 0.243 e. The van der Waals surface area contributed by atoms with Gasteiger partial charge in [0.05, 0.1) is 26.8 Å². The van der Waals surface area contributed by atoms with E-state index in [2.05, 4.69) is 17.1 Å². The zero-order valence-corrected chi connectivity index (χ0v) is 10.6. The highest BCUT2D eigenvalue weighted by Gasteiger charge is 2.00. The molecule has 96 valence electrons. The Morgan fingerprint density at radius 2 is 2.06 bits per heavy atom. The molecule has 18 heavy (non-hydrogen) atoms. The molecule has 0 aliphatic carbocycles. The quantitative estimate of drug-likeness (QED) is 0.617. The molecule has 0 spiro atoms. The van der Waals surface area contributed by atoms with Gasteiger partial charge in [0.25, 0.3) is 0 Å². The van der Waals surface area contributed by atoms with Crippen LogP contribution in [0.25, 0.3) is 0 Å². The van der Waals surface area contributed by atoms with E-state index in [0.717, 1.165) is 24.3 Å². The van der Waals surface area contributed by atoms with Gasteiger partial charge in [-0.25, -0.2) is 9.13 Å². The minimum Gasteiger partial charge on any atom is -0.493 e. The van der Waals surface area contributed by atoms with Crippen molar-refractivity contribution >= 4 is 0 Å². The average Bonchev–Trinajstić information content (AvgIpc) is 2.81. The van der Waals surface area contributed by atoms with Gasteiger partial charge in [-0.15, -0.1) is 0 Å².